The van der Waals surface area contributed by atoms with Gasteiger partial charge < -0.3 is 4.57 Å². The molecule has 0 saturated carbocycles. The number of hydrogen-bond acceptors (Lipinski definition) is 4. The Labute approximate surface area is 184 Å². The summed E-state index contributed by atoms with van der Waals surface area (Å²) >= 11 is 0. The lowest BCUT2D eigenvalue weighted by Gasteiger charge is -2.15. The SMILES string of the molecule is Cn1ccnc1C(=O)c1ccccc1-c1ccc2c3[nH]ncc3c(=O)n(CC(F)(F)F)c2c1. The monoisotopic (exact) mass is 451 g/mol. The quantitative estimate of drug-likeness (QED) is 0.418. The lowest BCUT2D eigenvalue weighted by atomic mass is 9.95. The first-order valence-electron chi connectivity index (χ1n) is 9.92. The van der Waals surface area contributed by atoms with Gasteiger partial charge in [0.05, 0.1) is 22.6 Å². The van der Waals surface area contributed by atoms with Crippen molar-refractivity contribution >= 4 is 27.6 Å². The minimum absolute atomic E-state index is 0.0739. The lowest BCUT2D eigenvalue weighted by Crippen LogP contribution is -2.28. The molecule has 0 aliphatic carbocycles. The number of benzene rings is 2. The molecule has 0 spiro atoms. The molecule has 2 aromatic carbocycles. The molecule has 0 aliphatic rings. The van der Waals surface area contributed by atoms with Crippen LogP contribution in [0.2, 0.25) is 0 Å². The van der Waals surface area contributed by atoms with Crippen molar-refractivity contribution in [3.05, 3.63) is 82.8 Å². The molecule has 10 heteroatoms. The van der Waals surface area contributed by atoms with Gasteiger partial charge in [0.1, 0.15) is 6.54 Å². The van der Waals surface area contributed by atoms with Gasteiger partial charge in [-0.1, -0.05) is 36.4 Å². The van der Waals surface area contributed by atoms with E-state index in [9.17, 15) is 22.8 Å². The number of carbonyl (C=O) groups excluding carboxylic acids is 1. The standard InChI is InChI=1S/C23H16F3N5O2/c1-30-9-8-27-21(30)20(32)15-5-3-2-4-14(15)13-6-7-16-18(10-13)31(12-23(24,25)26)22(33)17-11-28-29-19(16)17/h2-11H,12H2,1H3,(H,28,29). The summed E-state index contributed by atoms with van der Waals surface area (Å²) in [4.78, 5) is 30.1. The third-order valence-corrected chi connectivity index (χ3v) is 5.52. The van der Waals surface area contributed by atoms with E-state index in [4.69, 9.17) is 0 Å². The molecule has 3 heterocycles. The van der Waals surface area contributed by atoms with E-state index in [1.54, 1.807) is 54.2 Å². The summed E-state index contributed by atoms with van der Waals surface area (Å²) < 4.78 is 42.3. The van der Waals surface area contributed by atoms with Crippen LogP contribution in [-0.4, -0.2) is 36.3 Å². The fourth-order valence-corrected chi connectivity index (χ4v) is 4.02. The average molecular weight is 451 g/mol. The summed E-state index contributed by atoms with van der Waals surface area (Å²) in [6, 6.07) is 11.6. The molecule has 0 aliphatic heterocycles. The van der Waals surface area contributed by atoms with Gasteiger partial charge in [0.15, 0.2) is 5.82 Å². The first-order chi connectivity index (χ1) is 15.7. The normalized spacial score (nSPS) is 12.0. The number of carbonyl (C=O) groups is 1. The number of hydrogen-bond donors (Lipinski definition) is 1. The average Bonchev–Trinajstić information content (AvgIpc) is 3.44. The van der Waals surface area contributed by atoms with E-state index < -0.39 is 18.3 Å². The molecule has 33 heavy (non-hydrogen) atoms. The molecule has 3 aromatic heterocycles. The van der Waals surface area contributed by atoms with Crippen molar-refractivity contribution in [2.75, 3.05) is 0 Å². The molecule has 5 rings (SSSR count). The molecule has 0 unspecified atom stereocenters. The van der Waals surface area contributed by atoms with Crippen molar-refractivity contribution in [2.24, 2.45) is 7.05 Å². The first-order valence-corrected chi connectivity index (χ1v) is 9.92. The zero-order valence-corrected chi connectivity index (χ0v) is 17.2. The number of rotatable bonds is 4. The number of aryl methyl sites for hydroxylation is 1. The highest BCUT2D eigenvalue weighted by molar-refractivity contribution is 6.11. The Morgan fingerprint density at radius 3 is 2.64 bits per heavy atom. The van der Waals surface area contributed by atoms with Crippen LogP contribution in [0.4, 0.5) is 13.2 Å². The number of nitrogens with zero attached hydrogens (tertiary/aromatic N) is 4. The van der Waals surface area contributed by atoms with E-state index in [0.29, 0.717) is 32.2 Å². The molecule has 0 saturated heterocycles. The van der Waals surface area contributed by atoms with Crippen molar-refractivity contribution in [2.45, 2.75) is 12.7 Å². The molecule has 0 fully saturated rings. The number of pyridine rings is 1. The molecular formula is C23H16F3N5O2. The predicted molar refractivity (Wildman–Crippen MR) is 116 cm³/mol. The van der Waals surface area contributed by atoms with Crippen LogP contribution in [0.3, 0.4) is 0 Å². The minimum atomic E-state index is -4.60. The van der Waals surface area contributed by atoms with E-state index in [0.717, 1.165) is 0 Å². The fourth-order valence-electron chi connectivity index (χ4n) is 4.02. The second-order valence-electron chi connectivity index (χ2n) is 7.63. The van der Waals surface area contributed by atoms with Crippen molar-refractivity contribution in [1.29, 1.82) is 0 Å². The molecule has 1 N–H and O–H groups in total. The van der Waals surface area contributed by atoms with E-state index in [-0.39, 0.29) is 22.5 Å². The van der Waals surface area contributed by atoms with Gasteiger partial charge in [-0.05, 0) is 17.2 Å². The summed E-state index contributed by atoms with van der Waals surface area (Å²) in [5, 5.41) is 7.02. The van der Waals surface area contributed by atoms with Crippen LogP contribution in [0.25, 0.3) is 32.9 Å². The third-order valence-electron chi connectivity index (χ3n) is 5.52. The number of H-pyrrole nitrogens is 1. The number of ketones is 1. The number of imidazole rings is 1. The summed E-state index contributed by atoms with van der Waals surface area (Å²) in [5.41, 5.74) is 1.01. The summed E-state index contributed by atoms with van der Waals surface area (Å²) in [6.45, 7) is -1.44. The van der Waals surface area contributed by atoms with E-state index >= 15 is 0 Å². The zero-order valence-electron chi connectivity index (χ0n) is 17.2. The molecule has 5 aromatic rings. The maximum Gasteiger partial charge on any atom is 0.406 e. The van der Waals surface area contributed by atoms with Gasteiger partial charge >= 0.3 is 6.18 Å². The van der Waals surface area contributed by atoms with Gasteiger partial charge in [-0.25, -0.2) is 4.98 Å². The smallest absolute Gasteiger partial charge is 0.331 e. The van der Waals surface area contributed by atoms with E-state index in [1.807, 2.05) is 0 Å². The van der Waals surface area contributed by atoms with Crippen LogP contribution < -0.4 is 5.56 Å². The van der Waals surface area contributed by atoms with Crippen LogP contribution in [0.5, 0.6) is 0 Å². The highest BCUT2D eigenvalue weighted by atomic mass is 19.4. The highest BCUT2D eigenvalue weighted by Gasteiger charge is 2.30. The Hall–Kier alpha value is -4.21. The lowest BCUT2D eigenvalue weighted by molar-refractivity contribution is -0.140. The van der Waals surface area contributed by atoms with Crippen molar-refractivity contribution in [1.82, 2.24) is 24.3 Å². The third kappa shape index (κ3) is 3.49. The van der Waals surface area contributed by atoms with E-state index in [2.05, 4.69) is 15.2 Å². The Morgan fingerprint density at radius 2 is 1.91 bits per heavy atom. The van der Waals surface area contributed by atoms with Crippen LogP contribution >= 0.6 is 0 Å². The van der Waals surface area contributed by atoms with Crippen molar-refractivity contribution < 1.29 is 18.0 Å². The van der Waals surface area contributed by atoms with Crippen molar-refractivity contribution in [3.8, 4) is 11.1 Å². The van der Waals surface area contributed by atoms with Gasteiger partial charge in [0.2, 0.25) is 5.78 Å². The van der Waals surface area contributed by atoms with Crippen LogP contribution in [-0.2, 0) is 13.6 Å². The molecule has 0 amide bonds. The van der Waals surface area contributed by atoms with Gasteiger partial charge in [-0.3, -0.25) is 19.3 Å². The molecule has 7 nitrogen and oxygen atoms in total. The van der Waals surface area contributed by atoms with E-state index in [1.165, 1.54) is 18.5 Å². The molecular weight excluding hydrogens is 435 g/mol. The number of halogens is 3. The predicted octanol–water partition coefficient (Wildman–Crippen LogP) is 4.07. The number of fused-ring (bicyclic) bond motifs is 3. The molecule has 0 atom stereocenters. The summed E-state index contributed by atoms with van der Waals surface area (Å²) in [5.74, 6) is -0.0914. The van der Waals surface area contributed by atoms with Crippen LogP contribution in [0.15, 0.2) is 65.8 Å². The Kier molecular flexibility index (Phi) is 4.66. The number of nitrogens with one attached hydrogen (secondary N) is 1. The fraction of sp³-hybridized carbons (Fsp3) is 0.130. The molecule has 0 radical (unpaired) electrons. The highest BCUT2D eigenvalue weighted by Crippen LogP contribution is 2.31. The van der Waals surface area contributed by atoms with Crippen molar-refractivity contribution in [3.63, 3.8) is 0 Å². The second kappa shape index (κ2) is 7.44. The first kappa shape index (κ1) is 20.7. The summed E-state index contributed by atoms with van der Waals surface area (Å²) in [7, 11) is 1.70. The number of aromatic nitrogens is 5. The van der Waals surface area contributed by atoms with Gasteiger partial charge in [-0.2, -0.15) is 18.3 Å². The number of alkyl halides is 3. The van der Waals surface area contributed by atoms with Gasteiger partial charge in [0.25, 0.3) is 5.56 Å². The number of aromatic amines is 1. The largest absolute Gasteiger partial charge is 0.406 e. The topological polar surface area (TPSA) is 85.6 Å². The van der Waals surface area contributed by atoms with Gasteiger partial charge in [-0.15, -0.1) is 0 Å². The van der Waals surface area contributed by atoms with Crippen LogP contribution in [0.1, 0.15) is 16.2 Å². The molecule has 166 valence electrons. The second-order valence-corrected chi connectivity index (χ2v) is 7.63. The maximum absolute atomic E-state index is 13.3. The molecule has 0 bridgehead atoms. The van der Waals surface area contributed by atoms with Gasteiger partial charge in [0, 0.05) is 30.4 Å². The zero-order chi connectivity index (χ0) is 23.3. The maximum atomic E-state index is 13.3. The minimum Gasteiger partial charge on any atom is -0.331 e. The Bertz CT molecular complexity index is 1590. The Balaban J connectivity index is 1.76. The summed E-state index contributed by atoms with van der Waals surface area (Å²) in [6.07, 6.45) is -0.219. The Morgan fingerprint density at radius 1 is 1.12 bits per heavy atom. The van der Waals surface area contributed by atoms with Crippen LogP contribution in [0, 0.1) is 0 Å².